The number of nitrogens with zero attached hydrogens (tertiary/aromatic N) is 1. The number of likely N-dealkylation sites (tertiary alicyclic amines) is 1. The number of fused-ring (bicyclic) bond motifs is 1. The summed E-state index contributed by atoms with van der Waals surface area (Å²) in [6.07, 6.45) is 1.82. The van der Waals surface area contributed by atoms with Crippen LogP contribution in [0.4, 0.5) is 5.69 Å². The molecular formula is C24H32ClN3O5. The fourth-order valence-electron chi connectivity index (χ4n) is 5.97. The number of para-hydroxylation sites is 1. The van der Waals surface area contributed by atoms with Crippen LogP contribution in [0.1, 0.15) is 45.6 Å². The van der Waals surface area contributed by atoms with Crippen molar-refractivity contribution in [2.75, 3.05) is 18.5 Å². The number of ether oxygens (including phenoxy) is 1. The molecule has 3 N–H and O–H groups in total. The number of anilines is 1. The number of benzene rings is 1. The molecule has 2 unspecified atom stereocenters. The van der Waals surface area contributed by atoms with Crippen molar-refractivity contribution in [2.45, 2.75) is 70.2 Å². The van der Waals surface area contributed by atoms with E-state index in [1.807, 2.05) is 26.8 Å². The predicted octanol–water partition coefficient (Wildman–Crippen LogP) is 2.26. The zero-order chi connectivity index (χ0) is 24.1. The average molecular weight is 478 g/mol. The van der Waals surface area contributed by atoms with Gasteiger partial charge in [-0.3, -0.25) is 14.4 Å². The maximum Gasteiger partial charge on any atom is 0.250 e. The summed E-state index contributed by atoms with van der Waals surface area (Å²) in [6.45, 7) is 7.54. The largest absolute Gasteiger partial charge is 0.394 e. The first kappa shape index (κ1) is 24.0. The Morgan fingerprint density at radius 1 is 1.33 bits per heavy atom. The molecule has 8 nitrogen and oxygen atoms in total. The lowest BCUT2D eigenvalue weighted by atomic mass is 9.66. The number of carbonyl (C=O) groups excluding carboxylic acids is 3. The fraction of sp³-hybridized carbons (Fsp3) is 0.625. The van der Waals surface area contributed by atoms with Gasteiger partial charge in [0.25, 0.3) is 0 Å². The second kappa shape index (κ2) is 8.56. The highest BCUT2D eigenvalue weighted by Gasteiger charge is 2.78. The third-order valence-corrected chi connectivity index (χ3v) is 7.82. The van der Waals surface area contributed by atoms with E-state index in [-0.39, 0.29) is 18.4 Å². The molecule has 33 heavy (non-hydrogen) atoms. The van der Waals surface area contributed by atoms with Gasteiger partial charge in [0.05, 0.1) is 40.8 Å². The topological polar surface area (TPSA) is 108 Å². The monoisotopic (exact) mass is 477 g/mol. The minimum atomic E-state index is -1.14. The van der Waals surface area contributed by atoms with Gasteiger partial charge >= 0.3 is 0 Å². The average Bonchev–Trinajstić information content (AvgIpc) is 3.35. The Labute approximate surface area is 199 Å². The summed E-state index contributed by atoms with van der Waals surface area (Å²) in [4.78, 5) is 42.1. The van der Waals surface area contributed by atoms with E-state index >= 15 is 0 Å². The third kappa shape index (κ3) is 3.54. The first-order chi connectivity index (χ1) is 15.6. The smallest absolute Gasteiger partial charge is 0.250 e. The molecule has 4 rings (SSSR count). The minimum Gasteiger partial charge on any atom is -0.394 e. The van der Waals surface area contributed by atoms with Crippen LogP contribution < -0.4 is 10.6 Å². The predicted molar refractivity (Wildman–Crippen MR) is 124 cm³/mol. The second-order valence-electron chi connectivity index (χ2n) is 9.72. The number of aliphatic hydroxyl groups is 1. The van der Waals surface area contributed by atoms with E-state index < -0.39 is 41.0 Å². The summed E-state index contributed by atoms with van der Waals surface area (Å²) in [6, 6.07) is 3.72. The molecule has 1 spiro atoms. The fourth-order valence-corrected chi connectivity index (χ4v) is 6.24. The van der Waals surface area contributed by atoms with Crippen LogP contribution in [0.15, 0.2) is 18.2 Å². The quantitative estimate of drug-likeness (QED) is 0.558. The molecule has 3 saturated heterocycles. The lowest BCUT2D eigenvalue weighted by Crippen LogP contribution is -2.56. The van der Waals surface area contributed by atoms with Crippen molar-refractivity contribution in [1.82, 2.24) is 10.2 Å². The number of carbonyl (C=O) groups is 3. The van der Waals surface area contributed by atoms with Crippen molar-refractivity contribution in [1.29, 1.82) is 0 Å². The first-order valence-electron chi connectivity index (χ1n) is 11.6. The van der Waals surface area contributed by atoms with Gasteiger partial charge in [-0.2, -0.15) is 0 Å². The van der Waals surface area contributed by atoms with E-state index in [1.165, 1.54) is 4.90 Å². The standard InChI is InChI=1S/C24H32ClN3O5/c1-5-11-26-20(30)16-17-22(32)28(14(3)12-29)19(24(17)10-9-23(16,4)33-24)21(31)27-18-13(2)7-6-8-15(18)25/h6-8,14,16-17,19,29H,5,9-12H2,1-4H3,(H,26,30)(H,27,31)/t14-,16-,17+,19?,23+,24?/m1/s1. The summed E-state index contributed by atoms with van der Waals surface area (Å²) in [7, 11) is 0. The number of rotatable bonds is 7. The van der Waals surface area contributed by atoms with Gasteiger partial charge in [0.2, 0.25) is 17.7 Å². The van der Waals surface area contributed by atoms with Gasteiger partial charge in [-0.25, -0.2) is 0 Å². The highest BCUT2D eigenvalue weighted by atomic mass is 35.5. The van der Waals surface area contributed by atoms with E-state index in [1.54, 1.807) is 19.1 Å². The number of halogens is 1. The van der Waals surface area contributed by atoms with Gasteiger partial charge in [-0.05, 0) is 51.7 Å². The number of aliphatic hydroxyl groups excluding tert-OH is 1. The zero-order valence-electron chi connectivity index (χ0n) is 19.5. The van der Waals surface area contributed by atoms with Gasteiger partial charge in [-0.1, -0.05) is 30.7 Å². The Morgan fingerprint density at radius 2 is 2.06 bits per heavy atom. The van der Waals surface area contributed by atoms with E-state index in [0.29, 0.717) is 30.1 Å². The molecule has 3 heterocycles. The summed E-state index contributed by atoms with van der Waals surface area (Å²) in [5, 5.41) is 16.1. The van der Waals surface area contributed by atoms with Crippen molar-refractivity contribution in [2.24, 2.45) is 11.8 Å². The van der Waals surface area contributed by atoms with Gasteiger partial charge in [0.1, 0.15) is 11.6 Å². The Kier molecular flexibility index (Phi) is 6.22. The molecule has 3 aliphatic heterocycles. The lowest BCUT2D eigenvalue weighted by Gasteiger charge is -2.35. The Hall–Kier alpha value is -2.16. The molecule has 1 aromatic carbocycles. The van der Waals surface area contributed by atoms with Gasteiger partial charge in [-0.15, -0.1) is 0 Å². The van der Waals surface area contributed by atoms with Crippen LogP contribution in [0.2, 0.25) is 5.02 Å². The molecule has 0 radical (unpaired) electrons. The molecule has 0 saturated carbocycles. The molecule has 3 fully saturated rings. The number of hydrogen-bond donors (Lipinski definition) is 3. The van der Waals surface area contributed by atoms with Crippen LogP contribution >= 0.6 is 11.6 Å². The second-order valence-corrected chi connectivity index (χ2v) is 10.1. The molecule has 0 aromatic heterocycles. The van der Waals surface area contributed by atoms with E-state index in [0.717, 1.165) is 12.0 Å². The van der Waals surface area contributed by atoms with E-state index in [4.69, 9.17) is 16.3 Å². The molecule has 180 valence electrons. The summed E-state index contributed by atoms with van der Waals surface area (Å²) < 4.78 is 6.51. The molecular weight excluding hydrogens is 446 g/mol. The van der Waals surface area contributed by atoms with Crippen molar-refractivity contribution in [3.63, 3.8) is 0 Å². The van der Waals surface area contributed by atoms with Gasteiger partial charge in [0.15, 0.2) is 0 Å². The minimum absolute atomic E-state index is 0.223. The van der Waals surface area contributed by atoms with Crippen molar-refractivity contribution < 1.29 is 24.2 Å². The summed E-state index contributed by atoms with van der Waals surface area (Å²) in [5.41, 5.74) is -0.700. The Balaban J connectivity index is 1.75. The molecule has 3 amide bonds. The Bertz CT molecular complexity index is 967. The number of hydrogen-bond acceptors (Lipinski definition) is 5. The van der Waals surface area contributed by atoms with Crippen LogP contribution in [0.5, 0.6) is 0 Å². The van der Waals surface area contributed by atoms with Crippen molar-refractivity contribution in [3.05, 3.63) is 28.8 Å². The maximum atomic E-state index is 13.8. The van der Waals surface area contributed by atoms with Crippen LogP contribution in [0, 0.1) is 18.8 Å². The van der Waals surface area contributed by atoms with E-state index in [2.05, 4.69) is 10.6 Å². The SMILES string of the molecule is CCCNC(=O)[C@H]1[C@H]2C(=O)N([C@H](C)CO)C(C(=O)Nc3c(C)cccc3Cl)C23CC[C@]1(C)O3. The van der Waals surface area contributed by atoms with Crippen LogP contribution in [-0.2, 0) is 19.1 Å². The van der Waals surface area contributed by atoms with Gasteiger partial charge in [0, 0.05) is 6.54 Å². The van der Waals surface area contributed by atoms with E-state index in [9.17, 15) is 19.5 Å². The maximum absolute atomic E-state index is 13.8. The van der Waals surface area contributed by atoms with Crippen molar-refractivity contribution >= 4 is 35.0 Å². The molecule has 9 heteroatoms. The van der Waals surface area contributed by atoms with Crippen LogP contribution in [0.3, 0.4) is 0 Å². The number of nitrogens with one attached hydrogen (secondary N) is 2. The highest BCUT2D eigenvalue weighted by molar-refractivity contribution is 6.34. The number of amides is 3. The molecule has 0 aliphatic carbocycles. The van der Waals surface area contributed by atoms with Gasteiger partial charge < -0.3 is 25.4 Å². The summed E-state index contributed by atoms with van der Waals surface area (Å²) >= 11 is 6.34. The van der Waals surface area contributed by atoms with Crippen molar-refractivity contribution in [3.8, 4) is 0 Å². The summed E-state index contributed by atoms with van der Waals surface area (Å²) in [5.74, 6) is -2.46. The molecule has 3 aliphatic rings. The third-order valence-electron chi connectivity index (χ3n) is 7.50. The molecule has 2 bridgehead atoms. The number of aryl methyl sites for hydroxylation is 1. The Morgan fingerprint density at radius 3 is 2.70 bits per heavy atom. The van der Waals surface area contributed by atoms with Crippen LogP contribution in [0.25, 0.3) is 0 Å². The highest BCUT2D eigenvalue weighted by Crippen LogP contribution is 2.63. The molecule has 1 aromatic rings. The first-order valence-corrected chi connectivity index (χ1v) is 12.0. The van der Waals surface area contributed by atoms with Crippen LogP contribution in [-0.4, -0.2) is 64.2 Å². The molecule has 6 atom stereocenters. The normalized spacial score (nSPS) is 33.2. The zero-order valence-corrected chi connectivity index (χ0v) is 20.2. The lowest BCUT2D eigenvalue weighted by molar-refractivity contribution is -0.147.